The molecule has 0 aromatic carbocycles. The van der Waals surface area contributed by atoms with E-state index in [1.807, 2.05) is 19.1 Å². The van der Waals surface area contributed by atoms with Crippen molar-refractivity contribution in [1.82, 2.24) is 4.98 Å². The van der Waals surface area contributed by atoms with Crippen LogP contribution >= 0.6 is 31.9 Å². The Kier molecular flexibility index (Phi) is 4.01. The van der Waals surface area contributed by atoms with Crippen molar-refractivity contribution in [3.8, 4) is 5.88 Å². The van der Waals surface area contributed by atoms with Crippen molar-refractivity contribution < 1.29 is 4.74 Å². The summed E-state index contributed by atoms with van der Waals surface area (Å²) < 4.78 is 6.14. The number of ether oxygens (including phenoxy) is 1. The normalized spacial score (nSPS) is 9.92. The van der Waals surface area contributed by atoms with Crippen molar-refractivity contribution in [1.29, 1.82) is 0 Å². The summed E-state index contributed by atoms with van der Waals surface area (Å²) in [5, 5.41) is 0.766. The Bertz CT molecular complexity index is 265. The van der Waals surface area contributed by atoms with Crippen LogP contribution in [-0.4, -0.2) is 11.6 Å². The number of hydrogen-bond donors (Lipinski definition) is 0. The van der Waals surface area contributed by atoms with Crippen molar-refractivity contribution in [3.05, 3.63) is 22.3 Å². The van der Waals surface area contributed by atoms with E-state index in [0.29, 0.717) is 12.5 Å². The van der Waals surface area contributed by atoms with Crippen LogP contribution in [-0.2, 0) is 5.33 Å². The third-order valence-electron chi connectivity index (χ3n) is 1.33. The van der Waals surface area contributed by atoms with E-state index < -0.39 is 0 Å². The lowest BCUT2D eigenvalue weighted by Gasteiger charge is -2.06. The number of aromatic nitrogens is 1. The average molecular weight is 295 g/mol. The van der Waals surface area contributed by atoms with Gasteiger partial charge in [-0.3, -0.25) is 0 Å². The maximum Gasteiger partial charge on any atom is 0.218 e. The van der Waals surface area contributed by atoms with Gasteiger partial charge >= 0.3 is 0 Å². The zero-order valence-corrected chi connectivity index (χ0v) is 9.85. The molecule has 0 amide bonds. The van der Waals surface area contributed by atoms with Crippen molar-refractivity contribution in [2.24, 2.45) is 0 Å². The van der Waals surface area contributed by atoms with E-state index in [1.165, 1.54) is 0 Å². The van der Waals surface area contributed by atoms with Crippen LogP contribution in [0.5, 0.6) is 5.88 Å². The van der Waals surface area contributed by atoms with Gasteiger partial charge in [0, 0.05) is 10.9 Å². The second kappa shape index (κ2) is 4.82. The van der Waals surface area contributed by atoms with Crippen LogP contribution in [0, 0.1) is 0 Å². The molecule has 0 saturated carbocycles. The summed E-state index contributed by atoms with van der Waals surface area (Å²) in [4.78, 5) is 4.20. The van der Waals surface area contributed by atoms with Gasteiger partial charge in [0.1, 0.15) is 4.60 Å². The first-order chi connectivity index (χ1) is 5.77. The summed E-state index contributed by atoms with van der Waals surface area (Å²) in [6.07, 6.45) is 0. The Balaban J connectivity index is 2.95. The Morgan fingerprint density at radius 3 is 2.83 bits per heavy atom. The van der Waals surface area contributed by atoms with E-state index in [2.05, 4.69) is 36.8 Å². The van der Waals surface area contributed by atoms with Gasteiger partial charge in [0.2, 0.25) is 5.88 Å². The maximum atomic E-state index is 5.34. The molecule has 0 saturated heterocycles. The summed E-state index contributed by atoms with van der Waals surface area (Å²) in [5.74, 6) is 0.698. The zero-order valence-electron chi connectivity index (χ0n) is 6.68. The molecule has 2 nitrogen and oxygen atoms in total. The first-order valence-corrected chi connectivity index (χ1v) is 5.53. The quantitative estimate of drug-likeness (QED) is 0.631. The van der Waals surface area contributed by atoms with E-state index in [-0.39, 0.29) is 0 Å². The second-order valence-electron chi connectivity index (χ2n) is 2.16. The lowest BCUT2D eigenvalue weighted by Crippen LogP contribution is -1.98. The third kappa shape index (κ3) is 2.45. The van der Waals surface area contributed by atoms with Crippen molar-refractivity contribution in [3.63, 3.8) is 0 Å². The fraction of sp³-hybridized carbons (Fsp3) is 0.375. The second-order valence-corrected chi connectivity index (χ2v) is 3.54. The average Bonchev–Trinajstić information content (AvgIpc) is 2.05. The molecule has 0 N–H and O–H groups in total. The molecule has 0 aliphatic carbocycles. The molecule has 0 aliphatic rings. The molecule has 1 heterocycles. The fourth-order valence-electron chi connectivity index (χ4n) is 0.810. The van der Waals surface area contributed by atoms with Crippen molar-refractivity contribution >= 4 is 31.9 Å². The molecule has 4 heteroatoms. The number of rotatable bonds is 3. The van der Waals surface area contributed by atoms with Gasteiger partial charge in [0.05, 0.1) is 6.61 Å². The molecule has 0 unspecified atom stereocenters. The molecular formula is C8H9Br2NO. The summed E-state index contributed by atoms with van der Waals surface area (Å²) in [6, 6.07) is 3.88. The highest BCUT2D eigenvalue weighted by molar-refractivity contribution is 9.10. The minimum Gasteiger partial charge on any atom is -0.478 e. The summed E-state index contributed by atoms with van der Waals surface area (Å²) in [6.45, 7) is 2.59. The molecule has 1 aromatic heterocycles. The van der Waals surface area contributed by atoms with Crippen molar-refractivity contribution in [2.75, 3.05) is 6.61 Å². The fourth-order valence-corrected chi connectivity index (χ4v) is 1.53. The Morgan fingerprint density at radius 1 is 1.50 bits per heavy atom. The Hall–Kier alpha value is -0.0900. The molecule has 0 spiro atoms. The van der Waals surface area contributed by atoms with E-state index in [0.717, 1.165) is 15.5 Å². The molecule has 1 rings (SSSR count). The van der Waals surface area contributed by atoms with E-state index in [1.54, 1.807) is 0 Å². The number of pyridine rings is 1. The molecule has 0 aliphatic heterocycles. The first kappa shape index (κ1) is 9.99. The van der Waals surface area contributed by atoms with E-state index in [9.17, 15) is 0 Å². The van der Waals surface area contributed by atoms with Gasteiger partial charge in [-0.25, -0.2) is 4.98 Å². The lowest BCUT2D eigenvalue weighted by molar-refractivity contribution is 0.323. The smallest absolute Gasteiger partial charge is 0.218 e. The standard InChI is InChI=1S/C8H9Br2NO/c1-2-12-8-6(5-9)3-4-7(10)11-8/h3-4H,2,5H2,1H3. The van der Waals surface area contributed by atoms with E-state index >= 15 is 0 Å². The minimum absolute atomic E-state index is 0.642. The summed E-state index contributed by atoms with van der Waals surface area (Å²) in [5.41, 5.74) is 1.07. The molecule has 0 atom stereocenters. The van der Waals surface area contributed by atoms with Crippen LogP contribution < -0.4 is 4.74 Å². The highest BCUT2D eigenvalue weighted by Crippen LogP contribution is 2.21. The van der Waals surface area contributed by atoms with Gasteiger partial charge in [0.25, 0.3) is 0 Å². The topological polar surface area (TPSA) is 22.1 Å². The number of nitrogens with zero attached hydrogens (tertiary/aromatic N) is 1. The number of alkyl halides is 1. The lowest BCUT2D eigenvalue weighted by atomic mass is 10.3. The van der Waals surface area contributed by atoms with Gasteiger partial charge in [-0.2, -0.15) is 0 Å². The molecule has 0 radical (unpaired) electrons. The first-order valence-electron chi connectivity index (χ1n) is 3.62. The molecule has 0 fully saturated rings. The number of hydrogen-bond acceptors (Lipinski definition) is 2. The molecule has 1 aromatic rings. The predicted octanol–water partition coefficient (Wildman–Crippen LogP) is 3.14. The van der Waals surface area contributed by atoms with Gasteiger partial charge in [0.15, 0.2) is 0 Å². The summed E-state index contributed by atoms with van der Waals surface area (Å²) in [7, 11) is 0. The Labute approximate surface area is 88.6 Å². The molecule has 12 heavy (non-hydrogen) atoms. The van der Waals surface area contributed by atoms with Crippen LogP contribution in [0.25, 0.3) is 0 Å². The predicted molar refractivity (Wildman–Crippen MR) is 55.7 cm³/mol. The zero-order chi connectivity index (χ0) is 8.97. The monoisotopic (exact) mass is 293 g/mol. The van der Waals surface area contributed by atoms with Crippen LogP contribution in [0.4, 0.5) is 0 Å². The van der Waals surface area contributed by atoms with Gasteiger partial charge < -0.3 is 4.74 Å². The van der Waals surface area contributed by atoms with Crippen LogP contribution in [0.3, 0.4) is 0 Å². The minimum atomic E-state index is 0.642. The van der Waals surface area contributed by atoms with Crippen LogP contribution in [0.15, 0.2) is 16.7 Å². The van der Waals surface area contributed by atoms with Crippen LogP contribution in [0.1, 0.15) is 12.5 Å². The molecule has 66 valence electrons. The van der Waals surface area contributed by atoms with Gasteiger partial charge in [-0.1, -0.05) is 22.0 Å². The maximum absolute atomic E-state index is 5.34. The largest absolute Gasteiger partial charge is 0.478 e. The van der Waals surface area contributed by atoms with Gasteiger partial charge in [-0.15, -0.1) is 0 Å². The highest BCUT2D eigenvalue weighted by atomic mass is 79.9. The number of halogens is 2. The Morgan fingerprint density at radius 2 is 2.25 bits per heavy atom. The third-order valence-corrected chi connectivity index (χ3v) is 2.38. The van der Waals surface area contributed by atoms with E-state index in [4.69, 9.17) is 4.74 Å². The highest BCUT2D eigenvalue weighted by Gasteiger charge is 2.03. The van der Waals surface area contributed by atoms with Gasteiger partial charge in [-0.05, 0) is 28.9 Å². The molecule has 0 bridgehead atoms. The summed E-state index contributed by atoms with van der Waals surface area (Å²) >= 11 is 6.66. The van der Waals surface area contributed by atoms with Crippen molar-refractivity contribution in [2.45, 2.75) is 12.3 Å². The van der Waals surface area contributed by atoms with Crippen LogP contribution in [0.2, 0.25) is 0 Å². The SMILES string of the molecule is CCOc1nc(Br)ccc1CBr. The molecular weight excluding hydrogens is 286 g/mol.